The molecule has 142 valence electrons. The summed E-state index contributed by atoms with van der Waals surface area (Å²) in [6, 6.07) is 13.2. The lowest BCUT2D eigenvalue weighted by atomic mass is 9.89. The molecular weight excluding hydrogens is 352 g/mol. The molecule has 0 aliphatic carbocycles. The van der Waals surface area contributed by atoms with E-state index in [9.17, 15) is 0 Å². The van der Waals surface area contributed by atoms with Gasteiger partial charge in [0, 0.05) is 11.2 Å². The minimum absolute atomic E-state index is 0.553. The van der Waals surface area contributed by atoms with Crippen LogP contribution in [-0.4, -0.2) is 9.78 Å². The number of nitrogens with zero attached hydrogens (tertiary/aromatic N) is 2. The smallest absolute Gasteiger partial charge is 0.0686 e. The highest BCUT2D eigenvalue weighted by atomic mass is 35.5. The first-order valence-electron chi connectivity index (χ1n) is 9.88. The van der Waals surface area contributed by atoms with Gasteiger partial charge in [-0.15, -0.1) is 0 Å². The van der Waals surface area contributed by atoms with E-state index in [1.54, 1.807) is 0 Å². The zero-order valence-electron chi connectivity index (χ0n) is 17.0. The molecule has 3 aromatic rings. The third-order valence-electron chi connectivity index (χ3n) is 5.34. The Morgan fingerprint density at radius 2 is 1.67 bits per heavy atom. The lowest BCUT2D eigenvalue weighted by molar-refractivity contribution is 0.591. The summed E-state index contributed by atoms with van der Waals surface area (Å²) in [7, 11) is 0. The largest absolute Gasteiger partial charge is 0.240 e. The Balaban J connectivity index is 2.16. The topological polar surface area (TPSA) is 17.8 Å². The van der Waals surface area contributed by atoms with Crippen molar-refractivity contribution < 1.29 is 0 Å². The van der Waals surface area contributed by atoms with E-state index in [1.165, 1.54) is 35.2 Å². The average Bonchev–Trinajstić information content (AvgIpc) is 3.09. The molecule has 0 amide bonds. The van der Waals surface area contributed by atoms with Crippen molar-refractivity contribution in [1.29, 1.82) is 0 Å². The van der Waals surface area contributed by atoms with E-state index in [-0.39, 0.29) is 0 Å². The van der Waals surface area contributed by atoms with Crippen molar-refractivity contribution in [3.8, 4) is 16.8 Å². The summed E-state index contributed by atoms with van der Waals surface area (Å²) in [6.07, 6.45) is 5.59. The zero-order valence-corrected chi connectivity index (χ0v) is 17.8. The monoisotopic (exact) mass is 380 g/mol. The Bertz CT molecular complexity index is 916. The SMILES string of the molecule is CCCC(CC)c1ccc(-c2cc(C)c(Cl)c(C)c2)cc1-n1ccc(C)n1. The maximum Gasteiger partial charge on any atom is 0.0686 e. The number of aryl methyl sites for hydroxylation is 3. The summed E-state index contributed by atoms with van der Waals surface area (Å²) in [5.41, 5.74) is 8.24. The molecule has 2 nitrogen and oxygen atoms in total. The molecule has 0 aliphatic rings. The van der Waals surface area contributed by atoms with Crippen LogP contribution in [0.3, 0.4) is 0 Å². The summed E-state index contributed by atoms with van der Waals surface area (Å²) in [5.74, 6) is 0.553. The van der Waals surface area contributed by atoms with E-state index in [4.69, 9.17) is 16.7 Å². The first-order valence-corrected chi connectivity index (χ1v) is 10.3. The van der Waals surface area contributed by atoms with Crippen molar-refractivity contribution >= 4 is 11.6 Å². The van der Waals surface area contributed by atoms with Gasteiger partial charge in [-0.2, -0.15) is 5.10 Å². The summed E-state index contributed by atoms with van der Waals surface area (Å²) in [6.45, 7) is 10.7. The molecular formula is C24H29ClN2. The van der Waals surface area contributed by atoms with Crippen LogP contribution in [0.15, 0.2) is 42.6 Å². The molecule has 27 heavy (non-hydrogen) atoms. The van der Waals surface area contributed by atoms with Crippen molar-refractivity contribution in [2.45, 2.75) is 59.8 Å². The fourth-order valence-corrected chi connectivity index (χ4v) is 3.97. The number of rotatable bonds is 6. The number of halogens is 1. The minimum atomic E-state index is 0.553. The fraction of sp³-hybridized carbons (Fsp3) is 0.375. The normalized spacial score (nSPS) is 12.4. The highest BCUT2D eigenvalue weighted by Gasteiger charge is 2.16. The van der Waals surface area contributed by atoms with Gasteiger partial charge in [-0.1, -0.05) is 44.0 Å². The Morgan fingerprint density at radius 3 is 2.22 bits per heavy atom. The Kier molecular flexibility index (Phi) is 6.06. The van der Waals surface area contributed by atoms with Crippen LogP contribution >= 0.6 is 11.6 Å². The van der Waals surface area contributed by atoms with Gasteiger partial charge in [0.1, 0.15) is 0 Å². The predicted octanol–water partition coefficient (Wildman–Crippen LogP) is 7.41. The second-order valence-corrected chi connectivity index (χ2v) is 7.87. The number of hydrogen-bond acceptors (Lipinski definition) is 1. The Morgan fingerprint density at radius 1 is 0.963 bits per heavy atom. The molecule has 3 heteroatoms. The van der Waals surface area contributed by atoms with Crippen LogP contribution < -0.4 is 0 Å². The van der Waals surface area contributed by atoms with Crippen LogP contribution in [0.2, 0.25) is 5.02 Å². The maximum absolute atomic E-state index is 6.37. The Hall–Kier alpha value is -2.06. The van der Waals surface area contributed by atoms with E-state index >= 15 is 0 Å². The van der Waals surface area contributed by atoms with E-state index < -0.39 is 0 Å². The quantitative estimate of drug-likeness (QED) is 0.435. The van der Waals surface area contributed by atoms with Gasteiger partial charge in [-0.3, -0.25) is 0 Å². The highest BCUT2D eigenvalue weighted by molar-refractivity contribution is 6.32. The molecule has 1 aromatic heterocycles. The molecule has 1 unspecified atom stereocenters. The number of benzene rings is 2. The van der Waals surface area contributed by atoms with Crippen molar-refractivity contribution in [2.24, 2.45) is 0 Å². The van der Waals surface area contributed by atoms with Crippen LogP contribution in [-0.2, 0) is 0 Å². The minimum Gasteiger partial charge on any atom is -0.240 e. The second kappa shape index (κ2) is 8.31. The third kappa shape index (κ3) is 4.11. The molecule has 0 spiro atoms. The fourth-order valence-electron chi connectivity index (χ4n) is 3.86. The zero-order chi connectivity index (χ0) is 19.6. The van der Waals surface area contributed by atoms with Gasteiger partial charge in [0.15, 0.2) is 0 Å². The molecule has 0 saturated carbocycles. The van der Waals surface area contributed by atoms with E-state index in [0.717, 1.165) is 28.3 Å². The van der Waals surface area contributed by atoms with E-state index in [2.05, 4.69) is 70.3 Å². The van der Waals surface area contributed by atoms with Gasteiger partial charge in [-0.25, -0.2) is 4.68 Å². The van der Waals surface area contributed by atoms with Crippen LogP contribution in [0.5, 0.6) is 0 Å². The summed E-state index contributed by atoms with van der Waals surface area (Å²) >= 11 is 6.37. The van der Waals surface area contributed by atoms with Gasteiger partial charge in [0.05, 0.1) is 11.4 Å². The van der Waals surface area contributed by atoms with E-state index in [1.807, 2.05) is 11.6 Å². The maximum atomic E-state index is 6.37. The third-order valence-corrected chi connectivity index (χ3v) is 5.94. The summed E-state index contributed by atoms with van der Waals surface area (Å²) < 4.78 is 2.03. The molecule has 3 rings (SSSR count). The van der Waals surface area contributed by atoms with Gasteiger partial charge >= 0.3 is 0 Å². The molecule has 0 saturated heterocycles. The first-order chi connectivity index (χ1) is 12.9. The predicted molar refractivity (Wildman–Crippen MR) is 116 cm³/mol. The average molecular weight is 381 g/mol. The van der Waals surface area contributed by atoms with Crippen LogP contribution in [0.25, 0.3) is 16.8 Å². The molecule has 0 N–H and O–H groups in total. The summed E-state index contributed by atoms with van der Waals surface area (Å²) in [5, 5.41) is 5.55. The van der Waals surface area contributed by atoms with Crippen molar-refractivity contribution in [3.05, 3.63) is 70.0 Å². The van der Waals surface area contributed by atoms with Gasteiger partial charge < -0.3 is 0 Å². The molecule has 0 bridgehead atoms. The summed E-state index contributed by atoms with van der Waals surface area (Å²) in [4.78, 5) is 0. The lowest BCUT2D eigenvalue weighted by Gasteiger charge is -2.20. The number of hydrogen-bond donors (Lipinski definition) is 0. The van der Waals surface area contributed by atoms with Crippen LogP contribution in [0, 0.1) is 20.8 Å². The molecule has 0 fully saturated rings. The Labute approximate surface area is 168 Å². The molecule has 1 atom stereocenters. The van der Waals surface area contributed by atoms with Crippen molar-refractivity contribution in [3.63, 3.8) is 0 Å². The van der Waals surface area contributed by atoms with Gasteiger partial charge in [0.2, 0.25) is 0 Å². The molecule has 0 aliphatic heterocycles. The van der Waals surface area contributed by atoms with Gasteiger partial charge in [0.25, 0.3) is 0 Å². The van der Waals surface area contributed by atoms with Crippen LogP contribution in [0.1, 0.15) is 61.4 Å². The number of aromatic nitrogens is 2. The van der Waals surface area contributed by atoms with Crippen molar-refractivity contribution in [1.82, 2.24) is 9.78 Å². The van der Waals surface area contributed by atoms with Crippen molar-refractivity contribution in [2.75, 3.05) is 0 Å². The van der Waals surface area contributed by atoms with Crippen LogP contribution in [0.4, 0.5) is 0 Å². The standard InChI is InChI=1S/C24H29ClN2/c1-6-8-19(7-2)22-10-9-20(15-23(22)27-12-11-18(5)26-27)21-13-16(3)24(25)17(4)14-21/h9-15,19H,6-8H2,1-5H3. The second-order valence-electron chi connectivity index (χ2n) is 7.49. The lowest BCUT2D eigenvalue weighted by Crippen LogP contribution is -2.06. The molecule has 1 heterocycles. The van der Waals surface area contributed by atoms with Gasteiger partial charge in [-0.05, 0) is 91.6 Å². The first kappa shape index (κ1) is 19.7. The van der Waals surface area contributed by atoms with E-state index in [0.29, 0.717) is 5.92 Å². The molecule has 0 radical (unpaired) electrons. The highest BCUT2D eigenvalue weighted by Crippen LogP contribution is 2.34. The molecule has 2 aromatic carbocycles.